The maximum Gasteiger partial charge on any atom is 0.494 e. The van der Waals surface area contributed by atoms with Crippen LogP contribution in [0.1, 0.15) is 92.2 Å². The highest BCUT2D eigenvalue weighted by atomic mass is 16.7. The lowest BCUT2D eigenvalue weighted by atomic mass is 9.75. The molecule has 2 fully saturated rings. The summed E-state index contributed by atoms with van der Waals surface area (Å²) < 4.78 is 44.7. The van der Waals surface area contributed by atoms with Crippen LogP contribution in [0.15, 0.2) is 91.0 Å². The fourth-order valence-corrected chi connectivity index (χ4v) is 6.38. The van der Waals surface area contributed by atoms with Crippen LogP contribution in [0.4, 0.5) is 0 Å². The van der Waals surface area contributed by atoms with Crippen molar-refractivity contribution in [1.29, 1.82) is 0 Å². The van der Waals surface area contributed by atoms with Gasteiger partial charge < -0.3 is 32.8 Å². The Morgan fingerprint density at radius 1 is 0.490 bits per heavy atom. The summed E-state index contributed by atoms with van der Waals surface area (Å²) in [5.41, 5.74) is 2.92. The number of ether oxygens (including phenoxy) is 3. The summed E-state index contributed by atoms with van der Waals surface area (Å²) in [5.74, 6) is 3.00. The van der Waals surface area contributed by atoms with Gasteiger partial charge in [0.1, 0.15) is 23.0 Å². The van der Waals surface area contributed by atoms with E-state index in [1.807, 2.05) is 78.9 Å². The molecular weight excluding hydrogens is 614 g/mol. The molecule has 4 aromatic carbocycles. The molecule has 2 saturated heterocycles. The first-order chi connectivity index (χ1) is 23.0. The summed E-state index contributed by atoms with van der Waals surface area (Å²) in [5, 5.41) is 0. The van der Waals surface area contributed by atoms with Crippen LogP contribution in [0.25, 0.3) is 0 Å². The Bertz CT molecular complexity index is 1730. The first-order valence-electron chi connectivity index (χ1n) is 17.1. The van der Waals surface area contributed by atoms with Gasteiger partial charge >= 0.3 is 14.2 Å². The van der Waals surface area contributed by atoms with E-state index in [2.05, 4.69) is 81.4 Å². The van der Waals surface area contributed by atoms with Gasteiger partial charge in [-0.15, -0.1) is 0 Å². The van der Waals surface area contributed by atoms with Crippen molar-refractivity contribution < 1.29 is 32.8 Å². The van der Waals surface area contributed by atoms with E-state index in [9.17, 15) is 0 Å². The van der Waals surface area contributed by atoms with Crippen molar-refractivity contribution in [3.63, 3.8) is 0 Å². The van der Waals surface area contributed by atoms with Gasteiger partial charge in [0.2, 0.25) is 0 Å². The zero-order valence-corrected chi connectivity index (χ0v) is 30.3. The Kier molecular flexibility index (Phi) is 8.03. The SMILES string of the molecule is CC1(C)c2ccccc2Oc2ccc(C(Oc3ccc(B4OC(C)(C)C(C)(C)O4)cc3)Oc3ccc(B4OC(C)(C)C(C)(C)O4)cc3)cc21. The van der Waals surface area contributed by atoms with Crippen LogP contribution < -0.4 is 25.1 Å². The second-order valence-corrected chi connectivity index (χ2v) is 15.9. The maximum absolute atomic E-state index is 6.62. The van der Waals surface area contributed by atoms with Crippen molar-refractivity contribution in [3.8, 4) is 23.0 Å². The largest absolute Gasteiger partial charge is 0.494 e. The Morgan fingerprint density at radius 3 is 1.39 bits per heavy atom. The van der Waals surface area contributed by atoms with Crippen LogP contribution in [0.2, 0.25) is 0 Å². The van der Waals surface area contributed by atoms with Gasteiger partial charge in [0.05, 0.1) is 22.4 Å². The summed E-state index contributed by atoms with van der Waals surface area (Å²) in [6.07, 6.45) is -0.760. The molecule has 3 aliphatic heterocycles. The Hall–Kier alpha value is -3.75. The van der Waals surface area contributed by atoms with Crippen LogP contribution in [0, 0.1) is 0 Å². The molecule has 7 nitrogen and oxygen atoms in total. The Balaban J connectivity index is 1.17. The molecule has 254 valence electrons. The van der Waals surface area contributed by atoms with E-state index in [0.717, 1.165) is 39.1 Å². The minimum atomic E-state index is -0.760. The van der Waals surface area contributed by atoms with Crippen molar-refractivity contribution in [2.45, 2.75) is 103 Å². The molecule has 0 saturated carbocycles. The highest BCUT2D eigenvalue weighted by Crippen LogP contribution is 2.48. The van der Waals surface area contributed by atoms with Crippen molar-refractivity contribution >= 4 is 25.2 Å². The molecule has 0 unspecified atom stereocenters. The third-order valence-electron chi connectivity index (χ3n) is 11.0. The van der Waals surface area contributed by atoms with Crippen LogP contribution in [-0.4, -0.2) is 36.6 Å². The molecule has 0 N–H and O–H groups in total. The van der Waals surface area contributed by atoms with E-state index in [0.29, 0.717) is 11.5 Å². The maximum atomic E-state index is 6.62. The fraction of sp³-hybridized carbons (Fsp3) is 0.400. The smallest absolute Gasteiger partial charge is 0.457 e. The normalized spacial score (nSPS) is 20.8. The average molecular weight is 660 g/mol. The first kappa shape index (κ1) is 33.7. The Morgan fingerprint density at radius 2 is 0.918 bits per heavy atom. The molecule has 9 heteroatoms. The number of hydrogen-bond donors (Lipinski definition) is 0. The number of hydrogen-bond acceptors (Lipinski definition) is 7. The second-order valence-electron chi connectivity index (χ2n) is 15.9. The predicted octanol–water partition coefficient (Wildman–Crippen LogP) is 7.87. The quantitative estimate of drug-likeness (QED) is 0.148. The molecule has 3 aliphatic rings. The molecule has 4 aromatic rings. The number of benzene rings is 4. The zero-order valence-electron chi connectivity index (χ0n) is 30.3. The molecular formula is C40H46B2O7. The third kappa shape index (κ3) is 6.05. The summed E-state index contributed by atoms with van der Waals surface area (Å²) in [6.45, 7) is 20.9. The summed E-state index contributed by atoms with van der Waals surface area (Å²) in [7, 11) is -0.918. The average Bonchev–Trinajstić information content (AvgIpc) is 3.40. The van der Waals surface area contributed by atoms with Crippen LogP contribution in [0.3, 0.4) is 0 Å². The van der Waals surface area contributed by atoms with Gasteiger partial charge in [0.25, 0.3) is 6.29 Å². The summed E-state index contributed by atoms with van der Waals surface area (Å²) in [4.78, 5) is 0. The van der Waals surface area contributed by atoms with E-state index in [1.54, 1.807) is 0 Å². The monoisotopic (exact) mass is 660 g/mol. The molecule has 0 aromatic heterocycles. The van der Waals surface area contributed by atoms with Gasteiger partial charge in [-0.25, -0.2) is 0 Å². The van der Waals surface area contributed by atoms with Gasteiger partial charge in [-0.1, -0.05) is 56.3 Å². The topological polar surface area (TPSA) is 64.6 Å². The highest BCUT2D eigenvalue weighted by Gasteiger charge is 2.52. The van der Waals surface area contributed by atoms with Gasteiger partial charge in [-0.3, -0.25) is 0 Å². The minimum Gasteiger partial charge on any atom is -0.457 e. The van der Waals surface area contributed by atoms with Gasteiger partial charge in [0.15, 0.2) is 0 Å². The van der Waals surface area contributed by atoms with Crippen LogP contribution >= 0.6 is 0 Å². The standard InChI is InChI=1S/C40H46B2O7/c1-36(2)31-13-11-12-14-33(31)45-34-24-15-26(25-32(34)36)35(43-29-20-16-27(17-21-29)41-46-37(3,4)38(5,6)47-41)44-30-22-18-28(19-23-30)42-48-39(7,8)40(9,10)49-42/h11-25,35H,1-10H3. The lowest BCUT2D eigenvalue weighted by Gasteiger charge is -2.35. The third-order valence-corrected chi connectivity index (χ3v) is 11.0. The van der Waals surface area contributed by atoms with E-state index >= 15 is 0 Å². The molecule has 0 atom stereocenters. The van der Waals surface area contributed by atoms with Crippen LogP contribution in [-0.2, 0) is 24.0 Å². The van der Waals surface area contributed by atoms with E-state index < -0.39 is 42.9 Å². The van der Waals surface area contributed by atoms with Crippen molar-refractivity contribution in [3.05, 3.63) is 108 Å². The van der Waals surface area contributed by atoms with E-state index in [1.165, 1.54) is 0 Å². The minimum absolute atomic E-state index is 0.292. The van der Waals surface area contributed by atoms with Crippen molar-refractivity contribution in [1.82, 2.24) is 0 Å². The number of para-hydroxylation sites is 1. The molecule has 3 heterocycles. The van der Waals surface area contributed by atoms with Gasteiger partial charge in [-0.05, 0) is 115 Å². The molecule has 0 spiro atoms. The molecule has 0 bridgehead atoms. The first-order valence-corrected chi connectivity index (χ1v) is 17.1. The lowest BCUT2D eigenvalue weighted by Crippen LogP contribution is -2.41. The van der Waals surface area contributed by atoms with E-state index in [-0.39, 0.29) is 5.41 Å². The number of rotatable bonds is 7. The van der Waals surface area contributed by atoms with Crippen molar-refractivity contribution in [2.75, 3.05) is 0 Å². The number of fused-ring (bicyclic) bond motifs is 2. The molecule has 0 amide bonds. The van der Waals surface area contributed by atoms with E-state index in [4.69, 9.17) is 32.8 Å². The summed E-state index contributed by atoms with van der Waals surface area (Å²) in [6, 6.07) is 30.0. The van der Waals surface area contributed by atoms with Crippen molar-refractivity contribution in [2.24, 2.45) is 0 Å². The molecule has 49 heavy (non-hydrogen) atoms. The zero-order chi connectivity index (χ0) is 35.0. The predicted molar refractivity (Wildman–Crippen MR) is 193 cm³/mol. The Labute approximate surface area is 291 Å². The molecule has 0 aliphatic carbocycles. The summed E-state index contributed by atoms with van der Waals surface area (Å²) >= 11 is 0. The van der Waals surface area contributed by atoms with Gasteiger partial charge in [0, 0.05) is 22.1 Å². The van der Waals surface area contributed by atoms with Crippen LogP contribution in [0.5, 0.6) is 23.0 Å². The second kappa shape index (κ2) is 11.7. The molecule has 0 radical (unpaired) electrons. The lowest BCUT2D eigenvalue weighted by molar-refractivity contribution is 0.00371. The fourth-order valence-electron chi connectivity index (χ4n) is 6.38. The van der Waals surface area contributed by atoms with Gasteiger partial charge in [-0.2, -0.15) is 0 Å². The molecule has 7 rings (SSSR count). The highest BCUT2D eigenvalue weighted by molar-refractivity contribution is 6.62.